The van der Waals surface area contributed by atoms with Gasteiger partial charge in [-0.25, -0.2) is 4.39 Å². The molecular weight excluding hydrogens is 255 g/mol. The van der Waals surface area contributed by atoms with Crippen LogP contribution >= 0.6 is 11.6 Å². The number of hydrogen-bond acceptors (Lipinski definition) is 3. The molecular formula is C13H10ClFN2O. The van der Waals surface area contributed by atoms with Crippen molar-refractivity contribution in [3.8, 4) is 5.75 Å². The van der Waals surface area contributed by atoms with Crippen LogP contribution in [0.1, 0.15) is 5.56 Å². The lowest BCUT2D eigenvalue weighted by Gasteiger charge is -2.10. The zero-order valence-corrected chi connectivity index (χ0v) is 10.0. The van der Waals surface area contributed by atoms with Crippen molar-refractivity contribution in [1.82, 2.24) is 0 Å². The average Bonchev–Trinajstić information content (AvgIpc) is 2.36. The molecule has 0 aliphatic heterocycles. The number of halogens is 2. The second-order valence-corrected chi connectivity index (χ2v) is 4.07. The van der Waals surface area contributed by atoms with E-state index >= 15 is 0 Å². The lowest BCUT2D eigenvalue weighted by atomic mass is 10.1. The second-order valence-electron chi connectivity index (χ2n) is 3.67. The Morgan fingerprint density at radius 3 is 2.50 bits per heavy atom. The van der Waals surface area contributed by atoms with E-state index in [4.69, 9.17) is 17.0 Å². The molecule has 0 saturated heterocycles. The SMILES string of the molecule is N=Cc1cc(O)c(Cl)cc1Nc1ccc(F)cc1. The molecule has 0 aromatic heterocycles. The van der Waals surface area contributed by atoms with E-state index in [1.165, 1.54) is 24.3 Å². The molecule has 0 radical (unpaired) electrons. The van der Waals surface area contributed by atoms with Crippen molar-refractivity contribution in [3.63, 3.8) is 0 Å². The molecule has 0 spiro atoms. The molecule has 0 aliphatic carbocycles. The van der Waals surface area contributed by atoms with Crippen LogP contribution in [0, 0.1) is 11.2 Å². The second kappa shape index (κ2) is 5.06. The average molecular weight is 265 g/mol. The fourth-order valence-electron chi connectivity index (χ4n) is 1.49. The first-order valence-corrected chi connectivity index (χ1v) is 5.53. The molecule has 2 aromatic carbocycles. The molecule has 0 atom stereocenters. The Morgan fingerprint density at radius 1 is 1.22 bits per heavy atom. The Balaban J connectivity index is 2.36. The van der Waals surface area contributed by atoms with Crippen LogP contribution in [-0.4, -0.2) is 11.3 Å². The minimum atomic E-state index is -0.323. The van der Waals surface area contributed by atoms with E-state index < -0.39 is 0 Å². The number of hydrogen-bond donors (Lipinski definition) is 3. The number of rotatable bonds is 3. The Bertz CT molecular complexity index is 584. The van der Waals surface area contributed by atoms with Crippen LogP contribution in [0.15, 0.2) is 36.4 Å². The molecule has 0 amide bonds. The summed E-state index contributed by atoms with van der Waals surface area (Å²) in [5.41, 5.74) is 1.72. The highest BCUT2D eigenvalue weighted by atomic mass is 35.5. The molecule has 18 heavy (non-hydrogen) atoms. The minimum absolute atomic E-state index is 0.0835. The van der Waals surface area contributed by atoms with E-state index in [9.17, 15) is 9.50 Å². The van der Waals surface area contributed by atoms with E-state index in [2.05, 4.69) is 5.32 Å². The monoisotopic (exact) mass is 264 g/mol. The summed E-state index contributed by atoms with van der Waals surface area (Å²) in [6.07, 6.45) is 1.10. The standard InChI is InChI=1S/C13H10ClFN2O/c14-11-6-12(8(7-16)5-13(11)18)17-10-3-1-9(15)2-4-10/h1-7,16-18H. The van der Waals surface area contributed by atoms with Gasteiger partial charge < -0.3 is 15.8 Å². The van der Waals surface area contributed by atoms with Crippen LogP contribution in [-0.2, 0) is 0 Å². The highest BCUT2D eigenvalue weighted by Crippen LogP contribution is 2.31. The molecule has 0 unspecified atom stereocenters. The predicted molar refractivity (Wildman–Crippen MR) is 70.7 cm³/mol. The van der Waals surface area contributed by atoms with Gasteiger partial charge in [-0.15, -0.1) is 0 Å². The first kappa shape index (κ1) is 12.4. The van der Waals surface area contributed by atoms with Crippen molar-refractivity contribution in [1.29, 1.82) is 5.41 Å². The topological polar surface area (TPSA) is 56.1 Å². The molecule has 0 saturated carbocycles. The largest absolute Gasteiger partial charge is 0.506 e. The van der Waals surface area contributed by atoms with Gasteiger partial charge in [0.25, 0.3) is 0 Å². The summed E-state index contributed by atoms with van der Waals surface area (Å²) in [5, 5.41) is 19.9. The van der Waals surface area contributed by atoms with Gasteiger partial charge in [0, 0.05) is 23.2 Å². The molecule has 0 bridgehead atoms. The third-order valence-corrected chi connectivity index (χ3v) is 2.70. The number of nitrogens with one attached hydrogen (secondary N) is 2. The molecule has 0 fully saturated rings. The predicted octanol–water partition coefficient (Wildman–Crippen LogP) is 3.93. The van der Waals surface area contributed by atoms with Gasteiger partial charge in [-0.3, -0.25) is 0 Å². The fraction of sp³-hybridized carbons (Fsp3) is 0. The zero-order valence-electron chi connectivity index (χ0n) is 9.24. The summed E-state index contributed by atoms with van der Waals surface area (Å²) in [7, 11) is 0. The van der Waals surface area contributed by atoms with Gasteiger partial charge in [0.1, 0.15) is 11.6 Å². The quantitative estimate of drug-likeness (QED) is 0.581. The highest BCUT2D eigenvalue weighted by Gasteiger charge is 2.06. The van der Waals surface area contributed by atoms with Crippen LogP contribution in [0.3, 0.4) is 0 Å². The normalized spacial score (nSPS) is 10.1. The van der Waals surface area contributed by atoms with Crippen LogP contribution < -0.4 is 5.32 Å². The van der Waals surface area contributed by atoms with Crippen molar-refractivity contribution in [2.45, 2.75) is 0 Å². The Kier molecular flexibility index (Phi) is 3.48. The fourth-order valence-corrected chi connectivity index (χ4v) is 1.66. The van der Waals surface area contributed by atoms with Crippen LogP contribution in [0.5, 0.6) is 5.75 Å². The van der Waals surface area contributed by atoms with Gasteiger partial charge in [-0.1, -0.05) is 11.6 Å². The van der Waals surface area contributed by atoms with E-state index in [0.717, 1.165) is 6.21 Å². The third-order valence-electron chi connectivity index (χ3n) is 2.40. The maximum absolute atomic E-state index is 12.8. The van der Waals surface area contributed by atoms with E-state index in [-0.39, 0.29) is 16.6 Å². The van der Waals surface area contributed by atoms with Crippen molar-refractivity contribution in [2.24, 2.45) is 0 Å². The van der Waals surface area contributed by atoms with Gasteiger partial charge in [-0.2, -0.15) is 0 Å². The maximum atomic E-state index is 12.8. The number of anilines is 2. The smallest absolute Gasteiger partial charge is 0.134 e. The Hall–Kier alpha value is -2.07. The summed E-state index contributed by atoms with van der Waals surface area (Å²) < 4.78 is 12.8. The van der Waals surface area contributed by atoms with Crippen LogP contribution in [0.25, 0.3) is 0 Å². The summed E-state index contributed by atoms with van der Waals surface area (Å²) in [6.45, 7) is 0. The minimum Gasteiger partial charge on any atom is -0.506 e. The molecule has 2 aromatic rings. The third kappa shape index (κ3) is 2.60. The molecule has 2 rings (SSSR count). The van der Waals surface area contributed by atoms with Crippen LogP contribution in [0.4, 0.5) is 15.8 Å². The summed E-state index contributed by atoms with van der Waals surface area (Å²) in [6, 6.07) is 8.71. The van der Waals surface area contributed by atoms with E-state index in [1.807, 2.05) is 0 Å². The lowest BCUT2D eigenvalue weighted by molar-refractivity contribution is 0.475. The maximum Gasteiger partial charge on any atom is 0.134 e. The van der Waals surface area contributed by atoms with Gasteiger partial charge in [0.05, 0.1) is 5.02 Å². The van der Waals surface area contributed by atoms with E-state index in [0.29, 0.717) is 16.9 Å². The first-order chi connectivity index (χ1) is 8.60. The number of benzene rings is 2. The molecule has 3 nitrogen and oxygen atoms in total. The highest BCUT2D eigenvalue weighted by molar-refractivity contribution is 6.32. The molecule has 3 N–H and O–H groups in total. The number of phenols is 1. The zero-order chi connectivity index (χ0) is 13.1. The summed E-state index contributed by atoms with van der Waals surface area (Å²) in [4.78, 5) is 0. The summed E-state index contributed by atoms with van der Waals surface area (Å²) in [5.74, 6) is -0.406. The number of phenolic OH excluding ortho intramolecular Hbond substituents is 1. The Labute approximate surface area is 108 Å². The van der Waals surface area contributed by atoms with Crippen molar-refractivity contribution in [3.05, 3.63) is 52.8 Å². The van der Waals surface area contributed by atoms with Crippen LogP contribution in [0.2, 0.25) is 5.02 Å². The lowest BCUT2D eigenvalue weighted by Crippen LogP contribution is -1.95. The van der Waals surface area contributed by atoms with Crippen molar-refractivity contribution in [2.75, 3.05) is 5.32 Å². The van der Waals surface area contributed by atoms with Gasteiger partial charge in [0.15, 0.2) is 0 Å². The molecule has 0 aliphatic rings. The van der Waals surface area contributed by atoms with E-state index in [1.54, 1.807) is 12.1 Å². The summed E-state index contributed by atoms with van der Waals surface area (Å²) >= 11 is 5.81. The van der Waals surface area contributed by atoms with Gasteiger partial charge in [-0.05, 0) is 36.4 Å². The first-order valence-electron chi connectivity index (χ1n) is 5.15. The Morgan fingerprint density at radius 2 is 1.89 bits per heavy atom. The molecule has 0 heterocycles. The van der Waals surface area contributed by atoms with Gasteiger partial charge >= 0.3 is 0 Å². The molecule has 92 valence electrons. The number of aromatic hydroxyl groups is 1. The molecule has 5 heteroatoms. The van der Waals surface area contributed by atoms with Crippen molar-refractivity contribution >= 4 is 29.2 Å². The van der Waals surface area contributed by atoms with Gasteiger partial charge in [0.2, 0.25) is 0 Å². The van der Waals surface area contributed by atoms with Crippen molar-refractivity contribution < 1.29 is 9.50 Å².